The number of hydrogen-bond acceptors (Lipinski definition) is 2. The van der Waals surface area contributed by atoms with E-state index in [1.807, 2.05) is 0 Å². The first-order valence-electron chi connectivity index (χ1n) is 6.63. The van der Waals surface area contributed by atoms with Crippen LogP contribution in [0.5, 0.6) is 0 Å². The Labute approximate surface area is 92.7 Å². The summed E-state index contributed by atoms with van der Waals surface area (Å²) in [5.41, 5.74) is 0. The predicted molar refractivity (Wildman–Crippen MR) is 60.2 cm³/mol. The van der Waals surface area contributed by atoms with Crippen LogP contribution in [-0.4, -0.2) is 16.5 Å². The first-order chi connectivity index (χ1) is 7.27. The summed E-state index contributed by atoms with van der Waals surface area (Å²) < 4.78 is 0. The van der Waals surface area contributed by atoms with Gasteiger partial charge >= 0.3 is 0 Å². The Kier molecular flexibility index (Phi) is 4.04. The van der Waals surface area contributed by atoms with Crippen LogP contribution in [0.3, 0.4) is 0 Å². The van der Waals surface area contributed by atoms with E-state index in [0.29, 0.717) is 0 Å². The minimum atomic E-state index is -1.07. The summed E-state index contributed by atoms with van der Waals surface area (Å²) in [5.74, 6) is 2.00. The monoisotopic (exact) mass is 212 g/mol. The van der Waals surface area contributed by atoms with Gasteiger partial charge in [-0.3, -0.25) is 0 Å². The Bertz CT molecular complexity index is 177. The normalized spacial score (nSPS) is 34.6. The summed E-state index contributed by atoms with van der Waals surface area (Å²) in [5, 5.41) is 18.3. The molecule has 2 aliphatic rings. The minimum absolute atomic E-state index is 0.157. The Hall–Kier alpha value is -0.0800. The van der Waals surface area contributed by atoms with E-state index < -0.39 is 6.29 Å². The van der Waals surface area contributed by atoms with Crippen LogP contribution in [0.4, 0.5) is 0 Å². The highest BCUT2D eigenvalue weighted by Gasteiger charge is 2.30. The van der Waals surface area contributed by atoms with Crippen LogP contribution in [0.1, 0.15) is 57.8 Å². The maximum Gasteiger partial charge on any atom is 0.154 e. The zero-order valence-corrected chi connectivity index (χ0v) is 9.57. The van der Waals surface area contributed by atoms with E-state index in [-0.39, 0.29) is 5.92 Å². The fourth-order valence-corrected chi connectivity index (χ4v) is 3.52. The smallest absolute Gasteiger partial charge is 0.154 e. The molecule has 2 aliphatic carbocycles. The Morgan fingerprint density at radius 3 is 1.73 bits per heavy atom. The Morgan fingerprint density at radius 1 is 0.667 bits per heavy atom. The van der Waals surface area contributed by atoms with Gasteiger partial charge < -0.3 is 10.2 Å². The lowest BCUT2D eigenvalue weighted by molar-refractivity contribution is -0.0979. The molecule has 0 amide bonds. The molecule has 2 fully saturated rings. The van der Waals surface area contributed by atoms with Gasteiger partial charge in [0.05, 0.1) is 0 Å². The van der Waals surface area contributed by atoms with Gasteiger partial charge in [-0.25, -0.2) is 0 Å². The van der Waals surface area contributed by atoms with Crippen molar-refractivity contribution in [2.24, 2.45) is 17.8 Å². The molecule has 0 atom stereocenters. The number of hydrogen-bond donors (Lipinski definition) is 2. The molecule has 0 heterocycles. The van der Waals surface area contributed by atoms with Crippen molar-refractivity contribution in [2.75, 3.05) is 0 Å². The van der Waals surface area contributed by atoms with Crippen LogP contribution in [0.15, 0.2) is 0 Å². The van der Waals surface area contributed by atoms with E-state index in [4.69, 9.17) is 10.2 Å². The van der Waals surface area contributed by atoms with E-state index in [1.54, 1.807) is 0 Å². The van der Waals surface area contributed by atoms with Gasteiger partial charge in [0.2, 0.25) is 0 Å². The van der Waals surface area contributed by atoms with E-state index in [0.717, 1.165) is 24.7 Å². The van der Waals surface area contributed by atoms with Gasteiger partial charge in [0, 0.05) is 5.92 Å². The van der Waals surface area contributed by atoms with Gasteiger partial charge in [0.15, 0.2) is 6.29 Å². The third-order valence-electron chi connectivity index (χ3n) is 4.55. The second-order valence-electron chi connectivity index (χ2n) is 5.49. The zero-order valence-electron chi connectivity index (χ0n) is 9.57. The van der Waals surface area contributed by atoms with Crippen LogP contribution in [-0.2, 0) is 0 Å². The summed E-state index contributed by atoms with van der Waals surface area (Å²) in [6, 6.07) is 0. The molecule has 88 valence electrons. The molecule has 2 heteroatoms. The lowest BCUT2D eigenvalue weighted by Gasteiger charge is -2.36. The molecule has 0 aliphatic heterocycles. The van der Waals surface area contributed by atoms with Crippen LogP contribution in [0.2, 0.25) is 0 Å². The number of aliphatic hydroxyl groups is 2. The Balaban J connectivity index is 1.77. The third-order valence-corrected chi connectivity index (χ3v) is 4.55. The van der Waals surface area contributed by atoms with Gasteiger partial charge in [0.25, 0.3) is 0 Å². The van der Waals surface area contributed by atoms with Crippen LogP contribution in [0.25, 0.3) is 0 Å². The molecule has 0 spiro atoms. The summed E-state index contributed by atoms with van der Waals surface area (Å²) in [6.45, 7) is 0. The number of aliphatic hydroxyl groups excluding tert-OH is 1. The van der Waals surface area contributed by atoms with E-state index >= 15 is 0 Å². The molecule has 0 unspecified atom stereocenters. The van der Waals surface area contributed by atoms with Crippen LogP contribution >= 0.6 is 0 Å². The molecule has 0 aromatic carbocycles. The van der Waals surface area contributed by atoms with Crippen molar-refractivity contribution < 1.29 is 10.2 Å². The van der Waals surface area contributed by atoms with Crippen LogP contribution < -0.4 is 0 Å². The second kappa shape index (κ2) is 5.31. The van der Waals surface area contributed by atoms with Crippen molar-refractivity contribution in [3.63, 3.8) is 0 Å². The topological polar surface area (TPSA) is 40.5 Å². The molecule has 2 saturated carbocycles. The van der Waals surface area contributed by atoms with Crippen LogP contribution in [0, 0.1) is 17.8 Å². The minimum Gasteiger partial charge on any atom is -0.368 e. The highest BCUT2D eigenvalue weighted by atomic mass is 16.5. The fraction of sp³-hybridized carbons (Fsp3) is 1.00. The van der Waals surface area contributed by atoms with Crippen molar-refractivity contribution in [3.8, 4) is 0 Å². The van der Waals surface area contributed by atoms with Crippen molar-refractivity contribution in [1.29, 1.82) is 0 Å². The van der Waals surface area contributed by atoms with E-state index in [1.165, 1.54) is 44.9 Å². The summed E-state index contributed by atoms with van der Waals surface area (Å²) in [4.78, 5) is 0. The first-order valence-corrected chi connectivity index (χ1v) is 6.63. The maximum atomic E-state index is 9.13. The van der Waals surface area contributed by atoms with Gasteiger partial charge in [-0.15, -0.1) is 0 Å². The average molecular weight is 212 g/mol. The summed E-state index contributed by atoms with van der Waals surface area (Å²) in [6.07, 6.45) is 10.6. The van der Waals surface area contributed by atoms with E-state index in [9.17, 15) is 0 Å². The molecule has 0 saturated heterocycles. The summed E-state index contributed by atoms with van der Waals surface area (Å²) >= 11 is 0. The molecule has 0 bridgehead atoms. The highest BCUT2D eigenvalue weighted by Crippen LogP contribution is 2.40. The predicted octanol–water partition coefficient (Wildman–Crippen LogP) is 2.68. The first kappa shape index (κ1) is 11.4. The molecule has 0 aromatic rings. The second-order valence-corrected chi connectivity index (χ2v) is 5.49. The fourth-order valence-electron chi connectivity index (χ4n) is 3.52. The molecule has 2 nitrogen and oxygen atoms in total. The molecule has 2 rings (SSSR count). The van der Waals surface area contributed by atoms with Crippen molar-refractivity contribution in [2.45, 2.75) is 64.1 Å². The van der Waals surface area contributed by atoms with Gasteiger partial charge in [-0.2, -0.15) is 0 Å². The average Bonchev–Trinajstić information content (AvgIpc) is 2.30. The summed E-state index contributed by atoms with van der Waals surface area (Å²) in [7, 11) is 0. The number of rotatable bonds is 2. The van der Waals surface area contributed by atoms with Gasteiger partial charge in [-0.1, -0.05) is 32.1 Å². The molecule has 2 N–H and O–H groups in total. The van der Waals surface area contributed by atoms with Crippen molar-refractivity contribution in [1.82, 2.24) is 0 Å². The highest BCUT2D eigenvalue weighted by molar-refractivity contribution is 4.80. The molecular formula is C13H24O2. The van der Waals surface area contributed by atoms with Crippen molar-refractivity contribution >= 4 is 0 Å². The van der Waals surface area contributed by atoms with Crippen molar-refractivity contribution in [3.05, 3.63) is 0 Å². The molecule has 0 aromatic heterocycles. The zero-order chi connectivity index (χ0) is 10.7. The quantitative estimate of drug-likeness (QED) is 0.691. The lowest BCUT2D eigenvalue weighted by atomic mass is 9.71. The van der Waals surface area contributed by atoms with Gasteiger partial charge in [-0.05, 0) is 37.5 Å². The molecular weight excluding hydrogens is 188 g/mol. The SMILES string of the molecule is OC(O)C1CCC(C2CCCCC2)CC1. The Morgan fingerprint density at radius 2 is 1.20 bits per heavy atom. The molecule has 0 radical (unpaired) electrons. The largest absolute Gasteiger partial charge is 0.368 e. The molecule has 15 heavy (non-hydrogen) atoms. The standard InChI is InChI=1S/C13H24O2/c14-13(15)12-8-6-11(7-9-12)10-4-2-1-3-5-10/h10-15H,1-9H2. The van der Waals surface area contributed by atoms with Gasteiger partial charge in [0.1, 0.15) is 0 Å². The lowest BCUT2D eigenvalue weighted by Crippen LogP contribution is -2.29. The maximum absolute atomic E-state index is 9.13. The van der Waals surface area contributed by atoms with E-state index in [2.05, 4.69) is 0 Å². The third kappa shape index (κ3) is 2.94.